The van der Waals surface area contributed by atoms with E-state index in [1.165, 1.54) is 37.7 Å². The first-order valence-electron chi connectivity index (χ1n) is 10.2. The number of imidazole rings is 1. The summed E-state index contributed by atoms with van der Waals surface area (Å²) in [4.78, 5) is 47.1. The maximum absolute atomic E-state index is 12.0. The number of methoxy groups -OCH3 is 1. The molecule has 0 aliphatic rings. The lowest BCUT2D eigenvalue weighted by Crippen LogP contribution is -2.52. The Morgan fingerprint density at radius 3 is 2.37 bits per heavy atom. The number of hydrogen-bond acceptors (Lipinski definition) is 9. The van der Waals surface area contributed by atoms with Gasteiger partial charge in [-0.05, 0) is 35.7 Å². The molecule has 0 aliphatic carbocycles. The second kappa shape index (κ2) is 10.6. The number of carboxylic acid groups (broad SMARTS) is 3. The SMILES string of the molecule is COC(CCn1cnc2c(N)nc(Cl)nc21)COC(Cc1ccc(C(=O)O)cc1)(C(=O)O)C(=O)O. The highest BCUT2D eigenvalue weighted by atomic mass is 35.5. The maximum Gasteiger partial charge on any atom is 0.348 e. The van der Waals surface area contributed by atoms with E-state index in [0.717, 1.165) is 0 Å². The molecule has 1 unspecified atom stereocenters. The quantitative estimate of drug-likeness (QED) is 0.203. The summed E-state index contributed by atoms with van der Waals surface area (Å²) in [5.74, 6) is -4.45. The number of fused-ring (bicyclic) bond motifs is 1. The van der Waals surface area contributed by atoms with Crippen molar-refractivity contribution >= 4 is 46.5 Å². The molecule has 0 bridgehead atoms. The van der Waals surface area contributed by atoms with Crippen LogP contribution < -0.4 is 5.73 Å². The van der Waals surface area contributed by atoms with Gasteiger partial charge in [-0.1, -0.05) is 12.1 Å². The van der Waals surface area contributed by atoms with E-state index in [0.29, 0.717) is 17.7 Å². The second-order valence-corrected chi connectivity index (χ2v) is 7.90. The third-order valence-electron chi connectivity index (χ3n) is 5.35. The van der Waals surface area contributed by atoms with Gasteiger partial charge in [-0.3, -0.25) is 0 Å². The van der Waals surface area contributed by atoms with Crippen molar-refractivity contribution in [2.75, 3.05) is 19.5 Å². The van der Waals surface area contributed by atoms with E-state index < -0.39 is 36.0 Å². The van der Waals surface area contributed by atoms with E-state index in [1.54, 1.807) is 4.57 Å². The summed E-state index contributed by atoms with van der Waals surface area (Å²) in [6.45, 7) is -0.0538. The van der Waals surface area contributed by atoms with Crippen molar-refractivity contribution in [3.63, 3.8) is 0 Å². The summed E-state index contributed by atoms with van der Waals surface area (Å²) in [6.07, 6.45) is 0.551. The molecule has 5 N–H and O–H groups in total. The van der Waals surface area contributed by atoms with Gasteiger partial charge in [0.2, 0.25) is 5.28 Å². The normalized spacial score (nSPS) is 12.5. The predicted molar refractivity (Wildman–Crippen MR) is 121 cm³/mol. The van der Waals surface area contributed by atoms with Crippen LogP contribution in [0.5, 0.6) is 0 Å². The number of aryl methyl sites for hydroxylation is 1. The molecule has 3 rings (SSSR count). The highest BCUT2D eigenvalue weighted by Gasteiger charge is 2.48. The fraction of sp³-hybridized carbons (Fsp3) is 0.333. The maximum atomic E-state index is 12.0. The van der Waals surface area contributed by atoms with Crippen molar-refractivity contribution in [3.8, 4) is 0 Å². The lowest BCUT2D eigenvalue weighted by atomic mass is 9.93. The molecule has 0 radical (unpaired) electrons. The van der Waals surface area contributed by atoms with Crippen molar-refractivity contribution in [1.82, 2.24) is 19.5 Å². The summed E-state index contributed by atoms with van der Waals surface area (Å²) in [7, 11) is 1.38. The predicted octanol–water partition coefficient (Wildman–Crippen LogP) is 1.33. The van der Waals surface area contributed by atoms with Crippen molar-refractivity contribution in [1.29, 1.82) is 0 Å². The van der Waals surface area contributed by atoms with Gasteiger partial charge in [-0.25, -0.2) is 19.4 Å². The first kappa shape index (κ1) is 25.8. The van der Waals surface area contributed by atoms with Crippen molar-refractivity contribution in [2.24, 2.45) is 0 Å². The molecule has 0 spiro atoms. The number of hydrogen-bond donors (Lipinski definition) is 4. The largest absolute Gasteiger partial charge is 0.479 e. The molecule has 13 nitrogen and oxygen atoms in total. The van der Waals surface area contributed by atoms with Gasteiger partial charge in [0.1, 0.15) is 5.52 Å². The molecule has 35 heavy (non-hydrogen) atoms. The van der Waals surface area contributed by atoms with Gasteiger partial charge < -0.3 is 35.1 Å². The number of benzene rings is 1. The Bertz CT molecular complexity index is 1230. The number of anilines is 1. The Kier molecular flexibility index (Phi) is 7.84. The Morgan fingerprint density at radius 1 is 1.14 bits per heavy atom. The Labute approximate surface area is 203 Å². The number of nitrogen functional groups attached to an aromatic ring is 1. The van der Waals surface area contributed by atoms with Crippen LogP contribution in [0.15, 0.2) is 30.6 Å². The molecule has 0 saturated heterocycles. The molecule has 14 heteroatoms. The van der Waals surface area contributed by atoms with Crippen LogP contribution in [0.2, 0.25) is 5.28 Å². The molecule has 0 fully saturated rings. The number of rotatable bonds is 12. The van der Waals surface area contributed by atoms with Crippen LogP contribution >= 0.6 is 11.6 Å². The molecular formula is C21H22ClN5O8. The number of aliphatic carboxylic acids is 2. The lowest BCUT2D eigenvalue weighted by Gasteiger charge is -2.27. The first-order chi connectivity index (χ1) is 16.6. The molecule has 1 atom stereocenters. The summed E-state index contributed by atoms with van der Waals surface area (Å²) >= 11 is 5.86. The summed E-state index contributed by atoms with van der Waals surface area (Å²) in [6, 6.07) is 5.18. The Hall–Kier alpha value is -3.81. The van der Waals surface area contributed by atoms with Gasteiger partial charge in [0.05, 0.1) is 24.6 Å². The second-order valence-electron chi connectivity index (χ2n) is 7.56. The smallest absolute Gasteiger partial charge is 0.348 e. The third-order valence-corrected chi connectivity index (χ3v) is 5.52. The molecular weight excluding hydrogens is 486 g/mol. The highest BCUT2D eigenvalue weighted by molar-refractivity contribution is 6.28. The van der Waals surface area contributed by atoms with E-state index in [9.17, 15) is 24.6 Å². The third kappa shape index (κ3) is 5.65. The van der Waals surface area contributed by atoms with Crippen LogP contribution in [0.3, 0.4) is 0 Å². The van der Waals surface area contributed by atoms with Crippen LogP contribution in [0, 0.1) is 0 Å². The van der Waals surface area contributed by atoms with Crippen molar-refractivity contribution in [3.05, 3.63) is 47.0 Å². The van der Waals surface area contributed by atoms with Crippen LogP contribution in [-0.4, -0.2) is 78.2 Å². The summed E-state index contributed by atoms with van der Waals surface area (Å²) in [5, 5.41) is 28.4. The summed E-state index contributed by atoms with van der Waals surface area (Å²) < 4.78 is 12.5. The van der Waals surface area contributed by atoms with E-state index in [1.807, 2.05) is 0 Å². The van der Waals surface area contributed by atoms with Gasteiger partial charge in [-0.2, -0.15) is 9.97 Å². The van der Waals surface area contributed by atoms with Crippen molar-refractivity contribution in [2.45, 2.75) is 31.1 Å². The van der Waals surface area contributed by atoms with Gasteiger partial charge in [0, 0.05) is 20.1 Å². The molecule has 2 aromatic heterocycles. The molecule has 0 saturated carbocycles. The number of nitrogens with zero attached hydrogens (tertiary/aromatic N) is 4. The van der Waals surface area contributed by atoms with Gasteiger partial charge >= 0.3 is 17.9 Å². The first-order valence-corrected chi connectivity index (χ1v) is 10.5. The zero-order chi connectivity index (χ0) is 25.8. The number of aromatic nitrogens is 4. The minimum atomic E-state index is -2.61. The number of aromatic carboxylic acids is 1. The standard InChI is InChI=1S/C21H22ClN5O8/c1-34-13(6-7-27-10-24-14-15(23)25-20(22)26-16(14)27)9-35-21(18(30)31,19(32)33)8-11-2-4-12(5-3-11)17(28)29/h2-5,10,13H,6-9H2,1H3,(H,28,29)(H,30,31)(H,32,33)(H2,23,25,26). The topological polar surface area (TPSA) is 200 Å². The van der Waals surface area contributed by atoms with Crippen LogP contribution in [0.1, 0.15) is 22.3 Å². The molecule has 186 valence electrons. The monoisotopic (exact) mass is 507 g/mol. The van der Waals surface area contributed by atoms with Gasteiger partial charge in [-0.15, -0.1) is 0 Å². The van der Waals surface area contributed by atoms with E-state index in [2.05, 4.69) is 15.0 Å². The molecule has 0 amide bonds. The Morgan fingerprint density at radius 2 is 1.80 bits per heavy atom. The molecule has 0 aliphatic heterocycles. The van der Waals surface area contributed by atoms with E-state index in [4.69, 9.17) is 31.9 Å². The number of carboxylic acids is 3. The Balaban J connectivity index is 1.73. The van der Waals surface area contributed by atoms with E-state index in [-0.39, 0.29) is 35.3 Å². The van der Waals surface area contributed by atoms with Crippen molar-refractivity contribution < 1.29 is 39.2 Å². The van der Waals surface area contributed by atoms with Gasteiger partial charge in [0.15, 0.2) is 11.5 Å². The summed E-state index contributed by atoms with van der Waals surface area (Å²) in [5.41, 5.74) is 4.19. The number of ether oxygens (including phenoxy) is 2. The van der Waals surface area contributed by atoms with Crippen LogP contribution in [0.25, 0.3) is 11.2 Å². The van der Waals surface area contributed by atoms with Crippen LogP contribution in [0.4, 0.5) is 5.82 Å². The number of halogens is 1. The zero-order valence-electron chi connectivity index (χ0n) is 18.4. The molecule has 1 aromatic carbocycles. The fourth-order valence-electron chi connectivity index (χ4n) is 3.36. The van der Waals surface area contributed by atoms with E-state index >= 15 is 0 Å². The fourth-order valence-corrected chi connectivity index (χ4v) is 3.53. The minimum absolute atomic E-state index is 0.0225. The highest BCUT2D eigenvalue weighted by Crippen LogP contribution is 2.23. The molecule has 3 aromatic rings. The lowest BCUT2D eigenvalue weighted by molar-refractivity contribution is -0.187. The van der Waals surface area contributed by atoms with Gasteiger partial charge in [0.25, 0.3) is 5.60 Å². The minimum Gasteiger partial charge on any atom is -0.479 e. The average molecular weight is 508 g/mol. The van der Waals surface area contributed by atoms with Crippen LogP contribution in [-0.2, 0) is 32.0 Å². The molecule has 2 heterocycles. The number of carbonyl (C=O) groups is 3. The number of nitrogens with two attached hydrogens (primary N) is 1. The average Bonchev–Trinajstić information content (AvgIpc) is 3.21. The zero-order valence-corrected chi connectivity index (χ0v) is 19.2.